The molecule has 0 fully saturated rings. The highest BCUT2D eigenvalue weighted by Crippen LogP contribution is 2.20. The minimum atomic E-state index is -1.23. The molecular formula is C35H49N7O9. The number of imidazole rings is 1. The molecule has 0 unspecified atom stereocenters. The normalized spacial score (nSPS) is 13.4. The van der Waals surface area contributed by atoms with E-state index in [1.807, 2.05) is 30.3 Å². The lowest BCUT2D eigenvalue weighted by atomic mass is 9.89. The lowest BCUT2D eigenvalue weighted by Crippen LogP contribution is -2.47. The van der Waals surface area contributed by atoms with Crippen molar-refractivity contribution in [1.29, 1.82) is 0 Å². The number of benzene rings is 1. The Hall–Kier alpha value is -5.54. The van der Waals surface area contributed by atoms with Gasteiger partial charge in [-0.1, -0.05) is 50.3 Å². The number of ketones is 1. The summed E-state index contributed by atoms with van der Waals surface area (Å²) < 4.78 is 10.2. The fourth-order valence-electron chi connectivity index (χ4n) is 5.05. The number of nitrogens with one attached hydrogen (secondary N) is 3. The SMILES string of the molecule is CCOC(=O)/C=C/[C@H](CC(=O)O)NC(=O)[C@@H](CC(=O)[C@H](CCCN=C(N)N)NC(=O)[C@@H](CC(=O)OCc1ccccc1)C(C)C)Cc1cnc[nH]1. The molecular weight excluding hydrogens is 662 g/mol. The third-order valence-corrected chi connectivity index (χ3v) is 7.73. The fraction of sp³-hybridized carbons (Fsp3) is 0.486. The number of aliphatic imine (C=N–C) groups is 1. The van der Waals surface area contributed by atoms with Crippen LogP contribution >= 0.6 is 0 Å². The van der Waals surface area contributed by atoms with Gasteiger partial charge in [-0.05, 0) is 31.2 Å². The van der Waals surface area contributed by atoms with Crippen LogP contribution in [0, 0.1) is 17.8 Å². The lowest BCUT2D eigenvalue weighted by Gasteiger charge is -2.25. The van der Waals surface area contributed by atoms with E-state index in [4.69, 9.17) is 20.9 Å². The molecule has 16 heteroatoms. The molecule has 0 aliphatic rings. The highest BCUT2D eigenvalue weighted by molar-refractivity contribution is 5.94. The summed E-state index contributed by atoms with van der Waals surface area (Å²) in [5.74, 6) is -6.50. The molecule has 0 saturated carbocycles. The largest absolute Gasteiger partial charge is 0.481 e. The van der Waals surface area contributed by atoms with Gasteiger partial charge in [0, 0.05) is 37.4 Å². The lowest BCUT2D eigenvalue weighted by molar-refractivity contribution is -0.149. The van der Waals surface area contributed by atoms with Gasteiger partial charge in [-0.2, -0.15) is 0 Å². The standard InChI is InChI=1S/C35H49N7O9/c1-4-50-31(46)13-12-25(17-30(44)45)41-33(48)24(15-26-19-38-21-40-26)16-29(43)28(11-8-14-39-35(36)37)42-34(49)27(22(2)3)18-32(47)51-20-23-9-6-5-7-10-23/h5-7,9-10,12-13,19,21-22,24-25,27-28H,4,8,11,14-18,20H2,1-3H3,(H,38,40)(H,41,48)(H,42,49)(H,44,45)(H4,36,37,39)/b13-12+/t24-,25-,27+,28+/m1/s1. The molecule has 1 heterocycles. The number of carboxylic acids is 1. The fourth-order valence-corrected chi connectivity index (χ4v) is 5.05. The second-order valence-corrected chi connectivity index (χ2v) is 12.2. The Balaban J connectivity index is 2.27. The molecule has 0 aliphatic carbocycles. The number of rotatable bonds is 23. The first-order valence-corrected chi connectivity index (χ1v) is 16.7. The molecule has 16 nitrogen and oxygen atoms in total. The number of carboxylic acid groups (broad SMARTS) is 1. The molecule has 0 bridgehead atoms. The molecule has 0 spiro atoms. The van der Waals surface area contributed by atoms with Crippen LogP contribution in [0.4, 0.5) is 0 Å². The molecule has 0 aliphatic heterocycles. The van der Waals surface area contributed by atoms with E-state index < -0.39 is 65.8 Å². The summed E-state index contributed by atoms with van der Waals surface area (Å²) in [6.07, 6.45) is 4.45. The van der Waals surface area contributed by atoms with Gasteiger partial charge in [0.2, 0.25) is 11.8 Å². The Bertz CT molecular complexity index is 1490. The summed E-state index contributed by atoms with van der Waals surface area (Å²) in [5.41, 5.74) is 12.2. The van der Waals surface area contributed by atoms with Crippen molar-refractivity contribution in [1.82, 2.24) is 20.6 Å². The van der Waals surface area contributed by atoms with Gasteiger partial charge < -0.3 is 41.7 Å². The number of guanidine groups is 1. The maximum Gasteiger partial charge on any atom is 0.330 e. The van der Waals surface area contributed by atoms with Gasteiger partial charge in [-0.15, -0.1) is 0 Å². The van der Waals surface area contributed by atoms with Gasteiger partial charge >= 0.3 is 17.9 Å². The molecule has 278 valence electrons. The zero-order chi connectivity index (χ0) is 37.8. The minimum Gasteiger partial charge on any atom is -0.481 e. The van der Waals surface area contributed by atoms with E-state index in [9.17, 15) is 33.9 Å². The van der Waals surface area contributed by atoms with Crippen LogP contribution in [0.15, 0.2) is 60.0 Å². The second-order valence-electron chi connectivity index (χ2n) is 12.2. The van der Waals surface area contributed by atoms with Crippen LogP contribution in [0.25, 0.3) is 0 Å². The molecule has 0 saturated heterocycles. The predicted octanol–water partition coefficient (Wildman–Crippen LogP) is 1.55. The van der Waals surface area contributed by atoms with Crippen molar-refractivity contribution >= 4 is 41.5 Å². The number of H-pyrrole nitrogens is 1. The summed E-state index contributed by atoms with van der Waals surface area (Å²) in [7, 11) is 0. The van der Waals surface area contributed by atoms with Crippen LogP contribution in [0.3, 0.4) is 0 Å². The Morgan fingerprint density at radius 1 is 1.00 bits per heavy atom. The number of Topliss-reactive ketones (excluding diaryl/α,β-unsaturated/α-hetero) is 1. The number of carbonyl (C=O) groups excluding carboxylic acids is 5. The van der Waals surface area contributed by atoms with E-state index in [1.165, 1.54) is 18.6 Å². The van der Waals surface area contributed by atoms with Gasteiger partial charge in [-0.25, -0.2) is 9.78 Å². The molecule has 0 radical (unpaired) electrons. The van der Waals surface area contributed by atoms with Crippen LogP contribution in [-0.2, 0) is 51.3 Å². The average Bonchev–Trinajstić information content (AvgIpc) is 3.59. The molecule has 2 amide bonds. The number of hydrogen-bond donors (Lipinski definition) is 6. The molecule has 4 atom stereocenters. The smallest absolute Gasteiger partial charge is 0.330 e. The Morgan fingerprint density at radius 3 is 2.33 bits per heavy atom. The first kappa shape index (κ1) is 41.6. The number of amides is 2. The van der Waals surface area contributed by atoms with E-state index >= 15 is 0 Å². The topological polar surface area (TPSA) is 258 Å². The van der Waals surface area contributed by atoms with Crippen molar-refractivity contribution < 1.29 is 43.3 Å². The van der Waals surface area contributed by atoms with Gasteiger partial charge in [0.1, 0.15) is 6.61 Å². The summed E-state index contributed by atoms with van der Waals surface area (Å²) in [4.78, 5) is 88.1. The third kappa shape index (κ3) is 16.6. The first-order chi connectivity index (χ1) is 24.3. The number of aromatic nitrogens is 2. The third-order valence-electron chi connectivity index (χ3n) is 7.73. The predicted molar refractivity (Wildman–Crippen MR) is 186 cm³/mol. The summed E-state index contributed by atoms with van der Waals surface area (Å²) in [6, 6.07) is 6.92. The van der Waals surface area contributed by atoms with Crippen LogP contribution in [0.2, 0.25) is 0 Å². The van der Waals surface area contributed by atoms with Crippen LogP contribution in [0.1, 0.15) is 64.1 Å². The van der Waals surface area contributed by atoms with Crippen molar-refractivity contribution in [2.75, 3.05) is 13.2 Å². The summed E-state index contributed by atoms with van der Waals surface area (Å²) in [6.45, 7) is 5.48. The van der Waals surface area contributed by atoms with Gasteiger partial charge in [0.15, 0.2) is 11.7 Å². The molecule has 1 aromatic carbocycles. The van der Waals surface area contributed by atoms with Crippen molar-refractivity contribution in [2.45, 2.75) is 78.0 Å². The van der Waals surface area contributed by atoms with E-state index in [2.05, 4.69) is 25.6 Å². The first-order valence-electron chi connectivity index (χ1n) is 16.7. The zero-order valence-electron chi connectivity index (χ0n) is 29.2. The molecule has 51 heavy (non-hydrogen) atoms. The van der Waals surface area contributed by atoms with Crippen molar-refractivity contribution in [3.63, 3.8) is 0 Å². The number of aromatic amines is 1. The number of nitrogens with zero attached hydrogens (tertiary/aromatic N) is 2. The van der Waals surface area contributed by atoms with Crippen molar-refractivity contribution in [2.24, 2.45) is 34.2 Å². The average molecular weight is 712 g/mol. The highest BCUT2D eigenvalue weighted by Gasteiger charge is 2.32. The number of ether oxygens (including phenoxy) is 2. The van der Waals surface area contributed by atoms with Crippen molar-refractivity contribution in [3.05, 3.63) is 66.3 Å². The molecule has 8 N–H and O–H groups in total. The van der Waals surface area contributed by atoms with Crippen LogP contribution < -0.4 is 22.1 Å². The van der Waals surface area contributed by atoms with E-state index in [1.54, 1.807) is 20.8 Å². The summed E-state index contributed by atoms with van der Waals surface area (Å²) in [5, 5.41) is 14.8. The Kier molecular flexibility index (Phi) is 18.1. The quantitative estimate of drug-likeness (QED) is 0.0316. The zero-order valence-corrected chi connectivity index (χ0v) is 29.2. The number of hydrogen-bond acceptors (Lipinski definition) is 10. The van der Waals surface area contributed by atoms with Crippen LogP contribution in [-0.4, -0.2) is 81.8 Å². The maximum absolute atomic E-state index is 13.9. The minimum absolute atomic E-state index is 0.0233. The monoisotopic (exact) mass is 711 g/mol. The Labute approximate surface area is 296 Å². The van der Waals surface area contributed by atoms with Crippen molar-refractivity contribution in [3.8, 4) is 0 Å². The van der Waals surface area contributed by atoms with Crippen LogP contribution in [0.5, 0.6) is 0 Å². The number of esters is 2. The molecule has 2 aromatic rings. The number of nitrogens with two attached hydrogens (primary N) is 2. The Morgan fingerprint density at radius 2 is 1.73 bits per heavy atom. The van der Waals surface area contributed by atoms with Gasteiger partial charge in [0.05, 0.1) is 49.7 Å². The number of aliphatic carboxylic acids is 1. The van der Waals surface area contributed by atoms with Gasteiger partial charge in [-0.3, -0.25) is 29.0 Å². The second kappa shape index (κ2) is 22.2. The number of carbonyl (C=O) groups is 6. The van der Waals surface area contributed by atoms with Gasteiger partial charge in [0.25, 0.3) is 0 Å². The molecule has 1 aromatic heterocycles. The van der Waals surface area contributed by atoms with E-state index in [0.29, 0.717) is 12.1 Å². The van der Waals surface area contributed by atoms with E-state index in [0.717, 1.165) is 11.6 Å². The highest BCUT2D eigenvalue weighted by atomic mass is 16.5. The maximum atomic E-state index is 13.9. The summed E-state index contributed by atoms with van der Waals surface area (Å²) >= 11 is 0. The van der Waals surface area contributed by atoms with E-state index in [-0.39, 0.29) is 57.3 Å². The molecule has 2 rings (SSSR count).